The summed E-state index contributed by atoms with van der Waals surface area (Å²) in [4.78, 5) is 22.5. The molecule has 0 bridgehead atoms. The van der Waals surface area contributed by atoms with E-state index in [0.29, 0.717) is 6.54 Å². The molecule has 0 aromatic carbocycles. The van der Waals surface area contributed by atoms with E-state index in [-0.39, 0.29) is 12.5 Å². The molecule has 5 nitrogen and oxygen atoms in total. The van der Waals surface area contributed by atoms with Gasteiger partial charge in [-0.1, -0.05) is 6.08 Å². The van der Waals surface area contributed by atoms with Gasteiger partial charge in [0.15, 0.2) is 0 Å². The summed E-state index contributed by atoms with van der Waals surface area (Å²) < 4.78 is 4.60. The van der Waals surface area contributed by atoms with Crippen LogP contribution in [-0.2, 0) is 14.3 Å². The van der Waals surface area contributed by atoms with E-state index in [4.69, 9.17) is 5.11 Å². The van der Waals surface area contributed by atoms with Gasteiger partial charge in [0.2, 0.25) is 5.91 Å². The van der Waals surface area contributed by atoms with Crippen LogP contribution in [0.15, 0.2) is 12.7 Å². The molecule has 0 heterocycles. The lowest BCUT2D eigenvalue weighted by molar-refractivity contribution is -0.145. The standard InChI is InChI=1S/C8H13NO4/c1-3-4-9(2)7(10)5-13-6-8(11)12/h3H,1,4-6H2,2H3,(H,11,12). The molecule has 0 aliphatic carbocycles. The minimum Gasteiger partial charge on any atom is -0.480 e. The van der Waals surface area contributed by atoms with Crippen molar-refractivity contribution < 1.29 is 19.4 Å². The number of nitrogens with zero attached hydrogens (tertiary/aromatic N) is 1. The van der Waals surface area contributed by atoms with Crippen LogP contribution in [0, 0.1) is 0 Å². The van der Waals surface area contributed by atoms with E-state index < -0.39 is 12.6 Å². The topological polar surface area (TPSA) is 66.8 Å². The summed E-state index contributed by atoms with van der Waals surface area (Å²) in [6, 6.07) is 0. The molecule has 0 rings (SSSR count). The lowest BCUT2D eigenvalue weighted by Crippen LogP contribution is -2.31. The zero-order valence-corrected chi connectivity index (χ0v) is 7.52. The minimum absolute atomic E-state index is 0.212. The average molecular weight is 187 g/mol. The van der Waals surface area contributed by atoms with Crippen LogP contribution in [0.3, 0.4) is 0 Å². The first-order chi connectivity index (χ1) is 6.07. The summed E-state index contributed by atoms with van der Waals surface area (Å²) in [7, 11) is 1.59. The van der Waals surface area contributed by atoms with Crippen LogP contribution in [0.25, 0.3) is 0 Å². The number of ether oxygens (including phenoxy) is 1. The Hall–Kier alpha value is -1.36. The number of carboxylic acid groups (broad SMARTS) is 1. The Morgan fingerprint density at radius 3 is 2.62 bits per heavy atom. The summed E-state index contributed by atoms with van der Waals surface area (Å²) >= 11 is 0. The van der Waals surface area contributed by atoms with Gasteiger partial charge in [0, 0.05) is 13.6 Å². The van der Waals surface area contributed by atoms with Crippen molar-refractivity contribution >= 4 is 11.9 Å². The zero-order chi connectivity index (χ0) is 10.3. The molecule has 0 atom stereocenters. The molecule has 0 saturated carbocycles. The maximum Gasteiger partial charge on any atom is 0.329 e. The van der Waals surface area contributed by atoms with E-state index in [1.165, 1.54) is 4.90 Å². The first-order valence-electron chi connectivity index (χ1n) is 3.72. The summed E-state index contributed by atoms with van der Waals surface area (Å²) in [5.74, 6) is -1.35. The molecule has 0 aromatic rings. The third-order valence-corrected chi connectivity index (χ3v) is 1.28. The van der Waals surface area contributed by atoms with E-state index in [1.54, 1.807) is 13.1 Å². The molecule has 0 aliphatic heterocycles. The molecule has 0 fully saturated rings. The maximum absolute atomic E-state index is 11.1. The highest BCUT2D eigenvalue weighted by Gasteiger charge is 2.07. The Morgan fingerprint density at radius 2 is 2.15 bits per heavy atom. The molecule has 5 heteroatoms. The van der Waals surface area contributed by atoms with Gasteiger partial charge in [-0.05, 0) is 0 Å². The number of aliphatic carboxylic acids is 1. The molecule has 1 N–H and O–H groups in total. The van der Waals surface area contributed by atoms with Gasteiger partial charge in [-0.15, -0.1) is 6.58 Å². The molecule has 0 saturated heterocycles. The molecule has 0 radical (unpaired) electrons. The Labute approximate surface area is 76.6 Å². The van der Waals surface area contributed by atoms with Crippen molar-refractivity contribution in [3.63, 3.8) is 0 Å². The smallest absolute Gasteiger partial charge is 0.329 e. The van der Waals surface area contributed by atoms with Gasteiger partial charge in [0.1, 0.15) is 13.2 Å². The van der Waals surface area contributed by atoms with Gasteiger partial charge < -0.3 is 14.7 Å². The highest BCUT2D eigenvalue weighted by molar-refractivity contribution is 5.77. The highest BCUT2D eigenvalue weighted by atomic mass is 16.5. The van der Waals surface area contributed by atoms with Crippen LogP contribution in [0.1, 0.15) is 0 Å². The van der Waals surface area contributed by atoms with Gasteiger partial charge in [0.05, 0.1) is 0 Å². The minimum atomic E-state index is -1.08. The normalized spacial score (nSPS) is 9.31. The number of likely N-dealkylation sites (N-methyl/N-ethyl adjacent to an activating group) is 1. The largest absolute Gasteiger partial charge is 0.480 e. The Balaban J connectivity index is 3.61. The van der Waals surface area contributed by atoms with E-state index >= 15 is 0 Å². The fourth-order valence-corrected chi connectivity index (χ4v) is 0.631. The molecule has 0 spiro atoms. The van der Waals surface area contributed by atoms with E-state index in [1.807, 2.05) is 0 Å². The number of hydrogen-bond acceptors (Lipinski definition) is 3. The van der Waals surface area contributed by atoms with Gasteiger partial charge in [-0.25, -0.2) is 4.79 Å². The number of carbonyl (C=O) groups excluding carboxylic acids is 1. The van der Waals surface area contributed by atoms with Crippen LogP contribution in [0.5, 0.6) is 0 Å². The van der Waals surface area contributed by atoms with Crippen molar-refractivity contribution in [1.29, 1.82) is 0 Å². The van der Waals surface area contributed by atoms with Crippen molar-refractivity contribution in [3.05, 3.63) is 12.7 Å². The van der Waals surface area contributed by atoms with Crippen LogP contribution in [0.4, 0.5) is 0 Å². The zero-order valence-electron chi connectivity index (χ0n) is 7.52. The second-order valence-corrected chi connectivity index (χ2v) is 2.45. The van der Waals surface area contributed by atoms with E-state index in [9.17, 15) is 9.59 Å². The van der Waals surface area contributed by atoms with Crippen molar-refractivity contribution in [1.82, 2.24) is 4.90 Å². The van der Waals surface area contributed by atoms with Crippen molar-refractivity contribution in [2.24, 2.45) is 0 Å². The quantitative estimate of drug-likeness (QED) is 0.581. The lowest BCUT2D eigenvalue weighted by Gasteiger charge is -2.13. The van der Waals surface area contributed by atoms with Crippen LogP contribution < -0.4 is 0 Å². The third-order valence-electron chi connectivity index (χ3n) is 1.28. The Bertz CT molecular complexity index is 202. The van der Waals surface area contributed by atoms with Crippen LogP contribution in [0.2, 0.25) is 0 Å². The van der Waals surface area contributed by atoms with E-state index in [0.717, 1.165) is 0 Å². The SMILES string of the molecule is C=CCN(C)C(=O)COCC(=O)O. The first-order valence-corrected chi connectivity index (χ1v) is 3.72. The second-order valence-electron chi connectivity index (χ2n) is 2.45. The van der Waals surface area contributed by atoms with Gasteiger partial charge in [-0.3, -0.25) is 4.79 Å². The average Bonchev–Trinajstić information content (AvgIpc) is 2.04. The predicted molar refractivity (Wildman–Crippen MR) is 46.3 cm³/mol. The first kappa shape index (κ1) is 11.6. The molecule has 13 heavy (non-hydrogen) atoms. The fourth-order valence-electron chi connectivity index (χ4n) is 0.631. The third kappa shape index (κ3) is 5.86. The molecule has 0 unspecified atom stereocenters. The number of hydrogen-bond donors (Lipinski definition) is 1. The van der Waals surface area contributed by atoms with Gasteiger partial charge >= 0.3 is 5.97 Å². The highest BCUT2D eigenvalue weighted by Crippen LogP contribution is 1.86. The molecular weight excluding hydrogens is 174 g/mol. The Kier molecular flexibility index (Phi) is 5.54. The van der Waals surface area contributed by atoms with Crippen molar-refractivity contribution in [2.45, 2.75) is 0 Å². The lowest BCUT2D eigenvalue weighted by atomic mass is 10.5. The van der Waals surface area contributed by atoms with Gasteiger partial charge in [0.25, 0.3) is 0 Å². The molecular formula is C8H13NO4. The predicted octanol–water partition coefficient (Wildman–Crippen LogP) is -0.268. The molecule has 1 amide bonds. The fraction of sp³-hybridized carbons (Fsp3) is 0.500. The number of rotatable bonds is 6. The van der Waals surface area contributed by atoms with E-state index in [2.05, 4.69) is 11.3 Å². The van der Waals surface area contributed by atoms with Crippen molar-refractivity contribution in [3.8, 4) is 0 Å². The second kappa shape index (κ2) is 6.19. The Morgan fingerprint density at radius 1 is 1.54 bits per heavy atom. The number of amides is 1. The van der Waals surface area contributed by atoms with Crippen molar-refractivity contribution in [2.75, 3.05) is 26.8 Å². The molecule has 0 aromatic heterocycles. The summed E-state index contributed by atoms with van der Waals surface area (Å²) in [5, 5.41) is 8.20. The molecule has 74 valence electrons. The maximum atomic E-state index is 11.1. The van der Waals surface area contributed by atoms with Gasteiger partial charge in [-0.2, -0.15) is 0 Å². The summed E-state index contributed by atoms with van der Waals surface area (Å²) in [5.41, 5.74) is 0. The summed E-state index contributed by atoms with van der Waals surface area (Å²) in [6.45, 7) is 3.23. The number of carbonyl (C=O) groups is 2. The monoisotopic (exact) mass is 187 g/mol. The number of carboxylic acids is 1. The van der Waals surface area contributed by atoms with Crippen LogP contribution in [-0.4, -0.2) is 48.7 Å². The van der Waals surface area contributed by atoms with Crippen LogP contribution >= 0.6 is 0 Å². The molecule has 0 aliphatic rings. The summed E-state index contributed by atoms with van der Waals surface area (Å²) in [6.07, 6.45) is 1.58.